The molecule has 2 heterocycles. The van der Waals surface area contributed by atoms with Crippen LogP contribution in [0.5, 0.6) is 0 Å². The maximum atomic E-state index is 13.2. The molecule has 144 valence electrons. The lowest BCUT2D eigenvalue weighted by atomic mass is 9.87. The first kappa shape index (κ1) is 18.7. The Labute approximate surface area is 166 Å². The van der Waals surface area contributed by atoms with Crippen molar-refractivity contribution in [2.24, 2.45) is 0 Å². The van der Waals surface area contributed by atoms with Crippen LogP contribution in [0.3, 0.4) is 0 Å². The smallest absolute Gasteiger partial charge is 0.264 e. The van der Waals surface area contributed by atoms with Gasteiger partial charge < -0.3 is 0 Å². The monoisotopic (exact) mass is 392 g/mol. The predicted octanol–water partition coefficient (Wildman–Crippen LogP) is 4.80. The van der Waals surface area contributed by atoms with Crippen molar-refractivity contribution in [2.45, 2.75) is 37.5 Å². The van der Waals surface area contributed by atoms with Gasteiger partial charge in [0.05, 0.1) is 10.6 Å². The average Bonchev–Trinajstić information content (AvgIpc) is 3.12. The number of fused-ring (bicyclic) bond motifs is 1. The van der Waals surface area contributed by atoms with Gasteiger partial charge in [0.15, 0.2) is 0 Å². The van der Waals surface area contributed by atoms with E-state index in [2.05, 4.69) is 31.8 Å². The maximum absolute atomic E-state index is 13.2. The number of aromatic nitrogens is 1. The largest absolute Gasteiger partial charge is 0.266 e. The minimum atomic E-state index is -3.57. The third-order valence-corrected chi connectivity index (χ3v) is 7.08. The van der Waals surface area contributed by atoms with Gasteiger partial charge in [0, 0.05) is 18.9 Å². The molecule has 4 rings (SSSR count). The Kier molecular flexibility index (Phi) is 4.50. The molecule has 0 saturated carbocycles. The Bertz CT molecular complexity index is 1100. The van der Waals surface area contributed by atoms with Crippen molar-refractivity contribution < 1.29 is 8.42 Å². The number of pyridine rings is 1. The van der Waals surface area contributed by atoms with Crippen LogP contribution in [-0.2, 0) is 21.9 Å². The maximum Gasteiger partial charge on any atom is 0.264 e. The van der Waals surface area contributed by atoms with Gasteiger partial charge in [0.1, 0.15) is 0 Å². The highest BCUT2D eigenvalue weighted by Crippen LogP contribution is 2.36. The normalized spacial score (nSPS) is 14.2. The van der Waals surface area contributed by atoms with Gasteiger partial charge in [-0.3, -0.25) is 9.29 Å². The molecule has 0 unspecified atom stereocenters. The lowest BCUT2D eigenvalue weighted by Crippen LogP contribution is -2.29. The lowest BCUT2D eigenvalue weighted by Gasteiger charge is -2.22. The Morgan fingerprint density at radius 3 is 2.21 bits per heavy atom. The van der Waals surface area contributed by atoms with E-state index < -0.39 is 10.0 Å². The molecule has 5 heteroatoms. The van der Waals surface area contributed by atoms with E-state index in [0.717, 1.165) is 27.9 Å². The number of hydrogen-bond acceptors (Lipinski definition) is 3. The second-order valence-corrected chi connectivity index (χ2v) is 10.0. The molecule has 28 heavy (non-hydrogen) atoms. The second kappa shape index (κ2) is 6.74. The van der Waals surface area contributed by atoms with Crippen molar-refractivity contribution in [1.29, 1.82) is 0 Å². The van der Waals surface area contributed by atoms with Crippen LogP contribution in [0.1, 0.15) is 31.9 Å². The summed E-state index contributed by atoms with van der Waals surface area (Å²) in [7, 11) is -3.57. The van der Waals surface area contributed by atoms with E-state index in [-0.39, 0.29) is 5.41 Å². The fourth-order valence-electron chi connectivity index (χ4n) is 3.60. The highest BCUT2D eigenvalue weighted by molar-refractivity contribution is 7.92. The molecular weight excluding hydrogens is 368 g/mol. The molecule has 1 aliphatic rings. The number of sulfonamides is 1. The van der Waals surface area contributed by atoms with E-state index in [1.807, 2.05) is 36.4 Å². The average molecular weight is 393 g/mol. The molecule has 1 aromatic heterocycles. The van der Waals surface area contributed by atoms with E-state index in [0.29, 0.717) is 17.9 Å². The number of nitrogens with zero attached hydrogens (tertiary/aromatic N) is 2. The fraction of sp³-hybridized carbons (Fsp3) is 0.261. The van der Waals surface area contributed by atoms with Crippen molar-refractivity contribution in [2.75, 3.05) is 10.8 Å². The summed E-state index contributed by atoms with van der Waals surface area (Å²) >= 11 is 0. The molecule has 0 atom stereocenters. The third kappa shape index (κ3) is 3.31. The second-order valence-electron chi connectivity index (χ2n) is 8.18. The van der Waals surface area contributed by atoms with Crippen LogP contribution in [0.15, 0.2) is 71.9 Å². The zero-order chi connectivity index (χ0) is 19.9. The van der Waals surface area contributed by atoms with E-state index in [9.17, 15) is 8.42 Å². The van der Waals surface area contributed by atoms with Crippen LogP contribution >= 0.6 is 0 Å². The molecule has 0 fully saturated rings. The topological polar surface area (TPSA) is 50.3 Å². The summed E-state index contributed by atoms with van der Waals surface area (Å²) in [6, 6.07) is 17.2. The fourth-order valence-corrected chi connectivity index (χ4v) is 5.10. The number of hydrogen-bond donors (Lipinski definition) is 0. The first-order chi connectivity index (χ1) is 13.3. The number of benzene rings is 2. The molecule has 1 aliphatic heterocycles. The lowest BCUT2D eigenvalue weighted by molar-refractivity contribution is 0.585. The van der Waals surface area contributed by atoms with Crippen LogP contribution in [0.4, 0.5) is 5.69 Å². The van der Waals surface area contributed by atoms with Crippen LogP contribution < -0.4 is 4.31 Å². The molecule has 0 amide bonds. The highest BCUT2D eigenvalue weighted by atomic mass is 32.2. The summed E-state index contributed by atoms with van der Waals surface area (Å²) in [4.78, 5) is 4.39. The van der Waals surface area contributed by atoms with Crippen LogP contribution in [0.25, 0.3) is 11.1 Å². The summed E-state index contributed by atoms with van der Waals surface area (Å²) in [5, 5.41) is 0. The third-order valence-electron chi connectivity index (χ3n) is 5.25. The van der Waals surface area contributed by atoms with Crippen LogP contribution in [0, 0.1) is 0 Å². The number of anilines is 1. The Balaban J connectivity index is 1.67. The quantitative estimate of drug-likeness (QED) is 0.643. The predicted molar refractivity (Wildman–Crippen MR) is 113 cm³/mol. The van der Waals surface area contributed by atoms with Gasteiger partial charge in [0.25, 0.3) is 10.0 Å². The van der Waals surface area contributed by atoms with Crippen molar-refractivity contribution in [3.63, 3.8) is 0 Å². The molecule has 0 saturated heterocycles. The summed E-state index contributed by atoms with van der Waals surface area (Å²) in [5.41, 5.74) is 5.11. The highest BCUT2D eigenvalue weighted by Gasteiger charge is 2.31. The zero-order valence-corrected chi connectivity index (χ0v) is 17.2. The Morgan fingerprint density at radius 1 is 0.893 bits per heavy atom. The van der Waals surface area contributed by atoms with Crippen molar-refractivity contribution in [3.05, 3.63) is 78.1 Å². The SMILES string of the molecule is CC(C)(C)c1ccc(S(=O)(=O)N2CCc3cc(-c4ccncc4)ccc32)cc1. The summed E-state index contributed by atoms with van der Waals surface area (Å²) in [6.07, 6.45) is 4.24. The van der Waals surface area contributed by atoms with Gasteiger partial charge in [-0.1, -0.05) is 39.0 Å². The zero-order valence-electron chi connectivity index (χ0n) is 16.4. The molecule has 0 aliphatic carbocycles. The molecule has 0 spiro atoms. The van der Waals surface area contributed by atoms with Crippen LogP contribution in [0.2, 0.25) is 0 Å². The molecule has 0 bridgehead atoms. The Hall–Kier alpha value is -2.66. The molecular formula is C23H24N2O2S. The molecule has 0 N–H and O–H groups in total. The van der Waals surface area contributed by atoms with E-state index >= 15 is 0 Å². The van der Waals surface area contributed by atoms with Gasteiger partial charge >= 0.3 is 0 Å². The Morgan fingerprint density at radius 2 is 1.57 bits per heavy atom. The first-order valence-electron chi connectivity index (χ1n) is 9.43. The standard InChI is InChI=1S/C23H24N2O2S/c1-23(2,3)20-5-7-21(8-6-20)28(26,27)25-15-12-19-16-18(4-9-22(19)25)17-10-13-24-14-11-17/h4-11,13-14,16H,12,15H2,1-3H3. The molecule has 4 nitrogen and oxygen atoms in total. The minimum Gasteiger partial charge on any atom is -0.266 e. The molecule has 0 radical (unpaired) electrons. The van der Waals surface area contributed by atoms with Gasteiger partial charge in [0.2, 0.25) is 0 Å². The van der Waals surface area contributed by atoms with Gasteiger partial charge in [-0.15, -0.1) is 0 Å². The van der Waals surface area contributed by atoms with Crippen molar-refractivity contribution >= 4 is 15.7 Å². The van der Waals surface area contributed by atoms with Gasteiger partial charge in [-0.25, -0.2) is 8.42 Å². The van der Waals surface area contributed by atoms with E-state index in [4.69, 9.17) is 0 Å². The molecule has 2 aromatic carbocycles. The van der Waals surface area contributed by atoms with Crippen molar-refractivity contribution in [3.8, 4) is 11.1 Å². The summed E-state index contributed by atoms with van der Waals surface area (Å²) in [6.45, 7) is 6.83. The number of rotatable bonds is 3. The minimum absolute atomic E-state index is 0.00804. The first-order valence-corrected chi connectivity index (χ1v) is 10.9. The molecule has 3 aromatic rings. The van der Waals surface area contributed by atoms with Crippen molar-refractivity contribution in [1.82, 2.24) is 4.98 Å². The van der Waals surface area contributed by atoms with Gasteiger partial charge in [-0.2, -0.15) is 0 Å². The summed E-state index contributed by atoms with van der Waals surface area (Å²) in [5.74, 6) is 0. The summed E-state index contributed by atoms with van der Waals surface area (Å²) < 4.78 is 28.0. The van der Waals surface area contributed by atoms with E-state index in [1.54, 1.807) is 24.5 Å². The van der Waals surface area contributed by atoms with Crippen LogP contribution in [-0.4, -0.2) is 19.9 Å². The van der Waals surface area contributed by atoms with E-state index in [1.165, 1.54) is 4.31 Å². The van der Waals surface area contributed by atoms with Gasteiger partial charge in [-0.05, 0) is 70.5 Å².